The van der Waals surface area contributed by atoms with Crippen LogP contribution in [0.15, 0.2) is 66.7 Å². The molecule has 0 aliphatic rings. The van der Waals surface area contributed by atoms with Gasteiger partial charge in [-0.1, -0.05) is 35.4 Å². The SMILES string of the molecule is Cc1ccc(C(=O)Nc2ccc(O)c(NC(=O)c3ccc(C)cc3)c2)cc1. The lowest BCUT2D eigenvalue weighted by atomic mass is 10.1. The Morgan fingerprint density at radius 1 is 0.704 bits per heavy atom. The highest BCUT2D eigenvalue weighted by molar-refractivity contribution is 6.07. The van der Waals surface area contributed by atoms with Crippen LogP contribution in [0.5, 0.6) is 5.75 Å². The van der Waals surface area contributed by atoms with Crippen molar-refractivity contribution in [2.24, 2.45) is 0 Å². The molecule has 5 nitrogen and oxygen atoms in total. The van der Waals surface area contributed by atoms with Gasteiger partial charge in [-0.2, -0.15) is 0 Å². The van der Waals surface area contributed by atoms with Gasteiger partial charge in [0.05, 0.1) is 5.69 Å². The van der Waals surface area contributed by atoms with E-state index in [1.807, 2.05) is 38.1 Å². The average Bonchev–Trinajstić information content (AvgIpc) is 2.65. The maximum atomic E-state index is 12.4. The minimum Gasteiger partial charge on any atom is -0.506 e. The molecule has 0 atom stereocenters. The fourth-order valence-electron chi connectivity index (χ4n) is 2.52. The third-order valence-electron chi connectivity index (χ3n) is 4.13. The molecule has 0 aliphatic carbocycles. The Bertz CT molecular complexity index is 977. The zero-order valence-corrected chi connectivity index (χ0v) is 15.1. The molecular formula is C22H20N2O3. The molecule has 0 aromatic heterocycles. The van der Waals surface area contributed by atoms with E-state index in [0.29, 0.717) is 16.8 Å². The molecule has 3 N–H and O–H groups in total. The van der Waals surface area contributed by atoms with Crippen LogP contribution in [0.2, 0.25) is 0 Å². The van der Waals surface area contributed by atoms with Crippen molar-refractivity contribution in [1.82, 2.24) is 0 Å². The molecule has 27 heavy (non-hydrogen) atoms. The number of aromatic hydroxyl groups is 1. The summed E-state index contributed by atoms with van der Waals surface area (Å²) >= 11 is 0. The molecule has 0 fully saturated rings. The van der Waals surface area contributed by atoms with Gasteiger partial charge < -0.3 is 15.7 Å². The summed E-state index contributed by atoms with van der Waals surface area (Å²) in [5.74, 6) is -0.687. The predicted molar refractivity (Wildman–Crippen MR) is 106 cm³/mol. The maximum Gasteiger partial charge on any atom is 0.255 e. The molecule has 3 aromatic carbocycles. The number of anilines is 2. The molecule has 0 radical (unpaired) electrons. The van der Waals surface area contributed by atoms with Crippen LogP contribution in [-0.2, 0) is 0 Å². The fraction of sp³-hybridized carbons (Fsp3) is 0.0909. The number of hydrogen-bond acceptors (Lipinski definition) is 3. The van der Waals surface area contributed by atoms with Crippen molar-refractivity contribution in [2.45, 2.75) is 13.8 Å². The predicted octanol–water partition coefficient (Wildman–Crippen LogP) is 4.51. The van der Waals surface area contributed by atoms with Crippen molar-refractivity contribution in [3.05, 3.63) is 89.0 Å². The van der Waals surface area contributed by atoms with Crippen LogP contribution < -0.4 is 10.6 Å². The summed E-state index contributed by atoms with van der Waals surface area (Å²) in [5.41, 5.74) is 3.82. The lowest BCUT2D eigenvalue weighted by Gasteiger charge is -2.11. The molecule has 0 bridgehead atoms. The van der Waals surface area contributed by atoms with Crippen molar-refractivity contribution in [1.29, 1.82) is 0 Å². The van der Waals surface area contributed by atoms with Gasteiger partial charge in [0, 0.05) is 16.8 Å². The summed E-state index contributed by atoms with van der Waals surface area (Å²) < 4.78 is 0. The quantitative estimate of drug-likeness (QED) is 0.473. The smallest absolute Gasteiger partial charge is 0.255 e. The third-order valence-corrected chi connectivity index (χ3v) is 4.13. The monoisotopic (exact) mass is 360 g/mol. The number of phenolic OH excluding ortho intramolecular Hbond substituents is 1. The van der Waals surface area contributed by atoms with E-state index in [1.165, 1.54) is 12.1 Å². The first-order valence-electron chi connectivity index (χ1n) is 8.51. The van der Waals surface area contributed by atoms with Crippen LogP contribution in [0.3, 0.4) is 0 Å². The van der Waals surface area contributed by atoms with E-state index in [9.17, 15) is 14.7 Å². The molecular weight excluding hydrogens is 340 g/mol. The summed E-state index contributed by atoms with van der Waals surface area (Å²) in [5, 5.41) is 15.5. The minimum atomic E-state index is -0.340. The van der Waals surface area contributed by atoms with E-state index in [0.717, 1.165) is 11.1 Å². The number of benzene rings is 3. The first kappa shape index (κ1) is 18.2. The average molecular weight is 360 g/mol. The molecule has 0 saturated heterocycles. The highest BCUT2D eigenvalue weighted by Gasteiger charge is 2.11. The zero-order chi connectivity index (χ0) is 19.4. The molecule has 3 aromatic rings. The Kier molecular flexibility index (Phi) is 5.22. The van der Waals surface area contributed by atoms with Crippen LogP contribution >= 0.6 is 0 Å². The highest BCUT2D eigenvalue weighted by Crippen LogP contribution is 2.27. The van der Waals surface area contributed by atoms with Gasteiger partial charge >= 0.3 is 0 Å². The molecule has 136 valence electrons. The number of amides is 2. The van der Waals surface area contributed by atoms with E-state index in [-0.39, 0.29) is 23.3 Å². The van der Waals surface area contributed by atoms with Crippen LogP contribution in [0.4, 0.5) is 11.4 Å². The second kappa shape index (κ2) is 7.74. The van der Waals surface area contributed by atoms with Gasteiger partial charge in [-0.3, -0.25) is 9.59 Å². The summed E-state index contributed by atoms with van der Waals surface area (Å²) in [6.07, 6.45) is 0. The highest BCUT2D eigenvalue weighted by atomic mass is 16.3. The van der Waals surface area contributed by atoms with Crippen molar-refractivity contribution in [3.8, 4) is 5.75 Å². The lowest BCUT2D eigenvalue weighted by molar-refractivity contribution is 0.101. The molecule has 3 rings (SSSR count). The van der Waals surface area contributed by atoms with Gasteiger partial charge in [-0.15, -0.1) is 0 Å². The van der Waals surface area contributed by atoms with E-state index >= 15 is 0 Å². The Labute approximate surface area is 157 Å². The van der Waals surface area contributed by atoms with Crippen molar-refractivity contribution >= 4 is 23.2 Å². The minimum absolute atomic E-state index is 0.0798. The van der Waals surface area contributed by atoms with Gasteiger partial charge in [-0.05, 0) is 56.3 Å². The summed E-state index contributed by atoms with van der Waals surface area (Å²) in [6, 6.07) is 18.8. The van der Waals surface area contributed by atoms with Gasteiger partial charge in [0.2, 0.25) is 0 Å². The first-order chi connectivity index (χ1) is 12.9. The van der Waals surface area contributed by atoms with Crippen LogP contribution in [0.1, 0.15) is 31.8 Å². The Balaban J connectivity index is 1.75. The Morgan fingerprint density at radius 2 is 1.19 bits per heavy atom. The normalized spacial score (nSPS) is 10.3. The molecule has 0 saturated carbocycles. The second-order valence-corrected chi connectivity index (χ2v) is 6.37. The number of phenols is 1. The zero-order valence-electron chi connectivity index (χ0n) is 15.1. The van der Waals surface area contributed by atoms with Gasteiger partial charge in [0.15, 0.2) is 0 Å². The molecule has 5 heteroatoms. The van der Waals surface area contributed by atoms with Crippen molar-refractivity contribution in [2.75, 3.05) is 10.6 Å². The summed E-state index contributed by atoms with van der Waals surface area (Å²) in [6.45, 7) is 3.89. The molecule has 0 heterocycles. The molecule has 0 spiro atoms. The van der Waals surface area contributed by atoms with E-state index in [4.69, 9.17) is 0 Å². The van der Waals surface area contributed by atoms with Gasteiger partial charge in [0.25, 0.3) is 11.8 Å². The second-order valence-electron chi connectivity index (χ2n) is 6.37. The Hall–Kier alpha value is -3.60. The summed E-state index contributed by atoms with van der Waals surface area (Å²) in [4.78, 5) is 24.7. The standard InChI is InChI=1S/C22H20N2O3/c1-14-3-7-16(8-4-14)21(26)23-18-11-12-20(25)19(13-18)24-22(27)17-9-5-15(2)6-10-17/h3-13,25H,1-2H3,(H,23,26)(H,24,27). The van der Waals surface area contributed by atoms with Gasteiger partial charge in [0.1, 0.15) is 5.75 Å². The maximum absolute atomic E-state index is 12.4. The van der Waals surface area contributed by atoms with E-state index < -0.39 is 0 Å². The number of aryl methyl sites for hydroxylation is 2. The number of nitrogens with one attached hydrogen (secondary N) is 2. The van der Waals surface area contributed by atoms with Crippen LogP contribution in [-0.4, -0.2) is 16.9 Å². The van der Waals surface area contributed by atoms with E-state index in [1.54, 1.807) is 30.3 Å². The third kappa shape index (κ3) is 4.52. The Morgan fingerprint density at radius 3 is 1.70 bits per heavy atom. The van der Waals surface area contributed by atoms with Crippen molar-refractivity contribution < 1.29 is 14.7 Å². The topological polar surface area (TPSA) is 78.4 Å². The largest absolute Gasteiger partial charge is 0.506 e. The van der Waals surface area contributed by atoms with Crippen LogP contribution in [0, 0.1) is 13.8 Å². The number of carbonyl (C=O) groups excluding carboxylic acids is 2. The lowest BCUT2D eigenvalue weighted by Crippen LogP contribution is -2.14. The fourth-order valence-corrected chi connectivity index (χ4v) is 2.52. The van der Waals surface area contributed by atoms with E-state index in [2.05, 4.69) is 10.6 Å². The molecule has 2 amide bonds. The van der Waals surface area contributed by atoms with Crippen LogP contribution in [0.25, 0.3) is 0 Å². The number of carbonyl (C=O) groups is 2. The molecule has 0 unspecified atom stereocenters. The summed E-state index contributed by atoms with van der Waals surface area (Å²) in [7, 11) is 0. The van der Waals surface area contributed by atoms with Gasteiger partial charge in [-0.25, -0.2) is 0 Å². The number of hydrogen-bond donors (Lipinski definition) is 3. The first-order valence-corrected chi connectivity index (χ1v) is 8.51. The number of rotatable bonds is 4. The molecule has 0 aliphatic heterocycles. The van der Waals surface area contributed by atoms with Crippen molar-refractivity contribution in [3.63, 3.8) is 0 Å².